The second-order valence-electron chi connectivity index (χ2n) is 4.79. The standard InChI is InChI=1S/C16H17ClN2S/c1-19(11-13-7-3-5-9-15(13)17)10-12-6-2-4-8-14(12)16(18)20/h2-9H,10-11H2,1H3,(H2,18,20). The molecule has 0 saturated carbocycles. The van der Waals surface area contributed by atoms with Crippen LogP contribution in [0.2, 0.25) is 5.02 Å². The van der Waals surface area contributed by atoms with Crippen molar-refractivity contribution in [1.82, 2.24) is 4.90 Å². The van der Waals surface area contributed by atoms with Gasteiger partial charge in [-0.15, -0.1) is 0 Å². The zero-order valence-corrected chi connectivity index (χ0v) is 12.9. The average molecular weight is 305 g/mol. The molecule has 20 heavy (non-hydrogen) atoms. The molecular weight excluding hydrogens is 288 g/mol. The predicted octanol–water partition coefficient (Wildman–Crippen LogP) is 3.61. The Hall–Kier alpha value is -1.42. The zero-order valence-electron chi connectivity index (χ0n) is 11.3. The van der Waals surface area contributed by atoms with Gasteiger partial charge in [0, 0.05) is 23.7 Å². The minimum absolute atomic E-state index is 0.437. The summed E-state index contributed by atoms with van der Waals surface area (Å²) in [5.41, 5.74) is 8.95. The van der Waals surface area contributed by atoms with Gasteiger partial charge in [-0.1, -0.05) is 66.3 Å². The highest BCUT2D eigenvalue weighted by molar-refractivity contribution is 7.80. The van der Waals surface area contributed by atoms with Crippen LogP contribution in [-0.4, -0.2) is 16.9 Å². The molecule has 2 rings (SSSR count). The van der Waals surface area contributed by atoms with Crippen LogP contribution in [0.4, 0.5) is 0 Å². The van der Waals surface area contributed by atoms with Gasteiger partial charge < -0.3 is 5.73 Å². The summed E-state index contributed by atoms with van der Waals surface area (Å²) in [6.45, 7) is 1.56. The van der Waals surface area contributed by atoms with Crippen molar-refractivity contribution in [2.45, 2.75) is 13.1 Å². The smallest absolute Gasteiger partial charge is 0.104 e. The normalized spacial score (nSPS) is 10.8. The highest BCUT2D eigenvalue weighted by Gasteiger charge is 2.09. The van der Waals surface area contributed by atoms with E-state index >= 15 is 0 Å². The lowest BCUT2D eigenvalue weighted by Gasteiger charge is -2.19. The van der Waals surface area contributed by atoms with Gasteiger partial charge in [0.15, 0.2) is 0 Å². The maximum Gasteiger partial charge on any atom is 0.104 e. The van der Waals surface area contributed by atoms with Gasteiger partial charge in [-0.25, -0.2) is 0 Å². The molecule has 0 bridgehead atoms. The molecule has 2 nitrogen and oxygen atoms in total. The van der Waals surface area contributed by atoms with E-state index < -0.39 is 0 Å². The summed E-state index contributed by atoms with van der Waals surface area (Å²) < 4.78 is 0. The summed E-state index contributed by atoms with van der Waals surface area (Å²) in [4.78, 5) is 2.63. The third kappa shape index (κ3) is 3.79. The van der Waals surface area contributed by atoms with Crippen LogP contribution in [0.1, 0.15) is 16.7 Å². The molecule has 0 unspecified atom stereocenters. The molecule has 0 aliphatic carbocycles. The van der Waals surface area contributed by atoms with Gasteiger partial charge in [0.2, 0.25) is 0 Å². The van der Waals surface area contributed by atoms with Crippen LogP contribution in [0.25, 0.3) is 0 Å². The second kappa shape index (κ2) is 6.84. The highest BCUT2D eigenvalue weighted by atomic mass is 35.5. The lowest BCUT2D eigenvalue weighted by atomic mass is 10.1. The number of nitrogens with two attached hydrogens (primary N) is 1. The van der Waals surface area contributed by atoms with Gasteiger partial charge in [-0.3, -0.25) is 4.90 Å². The number of halogens is 1. The van der Waals surface area contributed by atoms with Crippen molar-refractivity contribution in [2.75, 3.05) is 7.05 Å². The van der Waals surface area contributed by atoms with E-state index in [1.165, 1.54) is 0 Å². The fourth-order valence-electron chi connectivity index (χ4n) is 2.16. The van der Waals surface area contributed by atoms with Crippen molar-refractivity contribution in [1.29, 1.82) is 0 Å². The minimum atomic E-state index is 0.437. The second-order valence-corrected chi connectivity index (χ2v) is 5.63. The van der Waals surface area contributed by atoms with Gasteiger partial charge in [-0.05, 0) is 24.2 Å². The van der Waals surface area contributed by atoms with E-state index in [4.69, 9.17) is 29.6 Å². The van der Waals surface area contributed by atoms with E-state index in [-0.39, 0.29) is 0 Å². The van der Waals surface area contributed by atoms with Crippen molar-refractivity contribution < 1.29 is 0 Å². The van der Waals surface area contributed by atoms with E-state index in [0.717, 1.165) is 34.8 Å². The molecule has 0 spiro atoms. The Morgan fingerprint density at radius 1 is 1.05 bits per heavy atom. The van der Waals surface area contributed by atoms with Crippen LogP contribution < -0.4 is 5.73 Å². The number of benzene rings is 2. The summed E-state index contributed by atoms with van der Waals surface area (Å²) in [5.74, 6) is 0. The summed E-state index contributed by atoms with van der Waals surface area (Å²) in [6.07, 6.45) is 0. The molecule has 4 heteroatoms. The van der Waals surface area contributed by atoms with Crippen LogP contribution in [-0.2, 0) is 13.1 Å². The Balaban J connectivity index is 2.11. The number of nitrogens with zero attached hydrogens (tertiary/aromatic N) is 1. The first-order valence-corrected chi connectivity index (χ1v) is 7.16. The Kier molecular flexibility index (Phi) is 5.12. The molecule has 2 N–H and O–H groups in total. The van der Waals surface area contributed by atoms with Gasteiger partial charge in [0.1, 0.15) is 4.99 Å². The van der Waals surface area contributed by atoms with Gasteiger partial charge in [0.05, 0.1) is 0 Å². The Labute approximate surface area is 130 Å². The Morgan fingerprint density at radius 3 is 2.25 bits per heavy atom. The molecule has 2 aromatic carbocycles. The van der Waals surface area contributed by atoms with E-state index in [1.807, 2.05) is 42.5 Å². The number of hydrogen-bond donors (Lipinski definition) is 1. The molecular formula is C16H17ClN2S. The fourth-order valence-corrected chi connectivity index (χ4v) is 2.56. The molecule has 0 aromatic heterocycles. The van der Waals surface area contributed by atoms with Crippen molar-refractivity contribution in [3.63, 3.8) is 0 Å². The van der Waals surface area contributed by atoms with Crippen LogP contribution in [0.3, 0.4) is 0 Å². The van der Waals surface area contributed by atoms with Crippen LogP contribution in [0, 0.1) is 0 Å². The Bertz CT molecular complexity index is 613. The van der Waals surface area contributed by atoms with Crippen molar-refractivity contribution in [3.8, 4) is 0 Å². The maximum absolute atomic E-state index is 6.19. The summed E-state index contributed by atoms with van der Waals surface area (Å²) in [7, 11) is 2.06. The zero-order chi connectivity index (χ0) is 14.5. The first-order valence-electron chi connectivity index (χ1n) is 6.37. The molecule has 0 amide bonds. The Morgan fingerprint density at radius 2 is 1.60 bits per heavy atom. The van der Waals surface area contributed by atoms with Crippen LogP contribution in [0.15, 0.2) is 48.5 Å². The number of rotatable bonds is 5. The van der Waals surface area contributed by atoms with Crippen LogP contribution >= 0.6 is 23.8 Å². The van der Waals surface area contributed by atoms with Crippen molar-refractivity contribution in [2.24, 2.45) is 5.73 Å². The van der Waals surface area contributed by atoms with Gasteiger partial charge in [-0.2, -0.15) is 0 Å². The quantitative estimate of drug-likeness (QED) is 0.856. The SMILES string of the molecule is CN(Cc1ccccc1Cl)Cc1ccccc1C(N)=S. The average Bonchev–Trinajstić information content (AvgIpc) is 2.41. The molecule has 0 atom stereocenters. The van der Waals surface area contributed by atoms with Gasteiger partial charge in [0.25, 0.3) is 0 Å². The number of thiocarbonyl (C=S) groups is 1. The van der Waals surface area contributed by atoms with Crippen molar-refractivity contribution >= 4 is 28.8 Å². The lowest BCUT2D eigenvalue weighted by Crippen LogP contribution is -2.20. The monoisotopic (exact) mass is 304 g/mol. The molecule has 0 radical (unpaired) electrons. The van der Waals surface area contributed by atoms with Crippen LogP contribution in [0.5, 0.6) is 0 Å². The molecule has 0 saturated heterocycles. The molecule has 0 aliphatic heterocycles. The minimum Gasteiger partial charge on any atom is -0.389 e. The molecule has 0 heterocycles. The summed E-state index contributed by atoms with van der Waals surface area (Å²) >= 11 is 11.3. The first kappa shape index (κ1) is 15.0. The molecule has 104 valence electrons. The first-order chi connectivity index (χ1) is 9.58. The molecule has 0 aliphatic rings. The summed E-state index contributed by atoms with van der Waals surface area (Å²) in [6, 6.07) is 15.9. The van der Waals surface area contributed by atoms with E-state index in [1.54, 1.807) is 0 Å². The van der Waals surface area contributed by atoms with E-state index in [2.05, 4.69) is 18.0 Å². The van der Waals surface area contributed by atoms with Gasteiger partial charge >= 0.3 is 0 Å². The van der Waals surface area contributed by atoms with E-state index in [0.29, 0.717) is 4.99 Å². The third-order valence-corrected chi connectivity index (χ3v) is 3.71. The maximum atomic E-state index is 6.19. The number of hydrogen-bond acceptors (Lipinski definition) is 2. The van der Waals surface area contributed by atoms with E-state index in [9.17, 15) is 0 Å². The molecule has 0 fully saturated rings. The highest BCUT2D eigenvalue weighted by Crippen LogP contribution is 2.18. The molecule has 2 aromatic rings. The largest absolute Gasteiger partial charge is 0.389 e. The lowest BCUT2D eigenvalue weighted by molar-refractivity contribution is 0.319. The fraction of sp³-hybridized carbons (Fsp3) is 0.188. The topological polar surface area (TPSA) is 29.3 Å². The third-order valence-electron chi connectivity index (χ3n) is 3.12. The predicted molar refractivity (Wildman–Crippen MR) is 89.0 cm³/mol. The summed E-state index contributed by atoms with van der Waals surface area (Å²) in [5, 5.41) is 0.794. The van der Waals surface area contributed by atoms with Crippen molar-refractivity contribution in [3.05, 3.63) is 70.2 Å².